The molecule has 0 spiro atoms. The molecule has 1 aromatic carbocycles. The topological polar surface area (TPSA) is 70.1 Å². The number of ether oxygens (including phenoxy) is 1. The van der Waals surface area contributed by atoms with E-state index in [1.165, 1.54) is 11.8 Å². The maximum absolute atomic E-state index is 12.7. The molecule has 0 aromatic heterocycles. The monoisotopic (exact) mass is 292 g/mol. The summed E-state index contributed by atoms with van der Waals surface area (Å²) < 4.78 is 5.29. The van der Waals surface area contributed by atoms with E-state index in [9.17, 15) is 14.7 Å². The lowest BCUT2D eigenvalue weighted by atomic mass is 10.1. The molecule has 1 fully saturated rings. The summed E-state index contributed by atoms with van der Waals surface area (Å²) >= 11 is 0. The highest BCUT2D eigenvalue weighted by Crippen LogP contribution is 2.22. The van der Waals surface area contributed by atoms with Crippen LogP contribution in [-0.2, 0) is 9.53 Å². The number of carbonyl (C=O) groups excluding carboxylic acids is 2. The van der Waals surface area contributed by atoms with Gasteiger partial charge in [-0.3, -0.25) is 9.59 Å². The van der Waals surface area contributed by atoms with Gasteiger partial charge in [-0.1, -0.05) is 12.1 Å². The van der Waals surface area contributed by atoms with E-state index in [0.29, 0.717) is 31.0 Å². The van der Waals surface area contributed by atoms with Crippen LogP contribution in [0, 0.1) is 0 Å². The molecule has 0 bridgehead atoms. The number of rotatable bonds is 3. The largest absolute Gasteiger partial charge is 0.394 e. The fraction of sp³-hybridized carbons (Fsp3) is 0.467. The van der Waals surface area contributed by atoms with E-state index in [1.807, 2.05) is 0 Å². The Morgan fingerprint density at radius 2 is 2.14 bits per heavy atom. The van der Waals surface area contributed by atoms with E-state index in [0.717, 1.165) is 0 Å². The third-order valence-corrected chi connectivity index (χ3v) is 3.67. The number of benzene rings is 1. The van der Waals surface area contributed by atoms with Gasteiger partial charge in [0.1, 0.15) is 0 Å². The Hall–Kier alpha value is -1.92. The summed E-state index contributed by atoms with van der Waals surface area (Å²) in [7, 11) is 1.64. The van der Waals surface area contributed by atoms with Crippen LogP contribution in [0.1, 0.15) is 17.3 Å². The van der Waals surface area contributed by atoms with Gasteiger partial charge in [0, 0.05) is 20.5 Å². The quantitative estimate of drug-likeness (QED) is 0.881. The fourth-order valence-electron chi connectivity index (χ4n) is 2.34. The average molecular weight is 292 g/mol. The minimum Gasteiger partial charge on any atom is -0.394 e. The average Bonchev–Trinajstić information content (AvgIpc) is 2.53. The summed E-state index contributed by atoms with van der Waals surface area (Å²) in [5.41, 5.74) is 1.02. The molecule has 1 heterocycles. The maximum Gasteiger partial charge on any atom is 0.256 e. The van der Waals surface area contributed by atoms with Crippen molar-refractivity contribution in [2.24, 2.45) is 0 Å². The molecular weight excluding hydrogens is 272 g/mol. The van der Waals surface area contributed by atoms with Gasteiger partial charge in [0.2, 0.25) is 5.91 Å². The standard InChI is InChI=1S/C15H20N2O4/c1-11(19)16(2)14-6-4-3-5-13(14)15(20)17-7-8-21-10-12(17)9-18/h3-6,12,18H,7-10H2,1-2H3. The highest BCUT2D eigenvalue weighted by molar-refractivity contribution is 6.04. The minimum absolute atomic E-state index is 0.142. The van der Waals surface area contributed by atoms with Gasteiger partial charge >= 0.3 is 0 Å². The van der Waals surface area contributed by atoms with Crippen molar-refractivity contribution in [1.29, 1.82) is 0 Å². The summed E-state index contributed by atoms with van der Waals surface area (Å²) in [4.78, 5) is 27.3. The molecule has 1 aliphatic rings. The van der Waals surface area contributed by atoms with Crippen molar-refractivity contribution in [3.63, 3.8) is 0 Å². The van der Waals surface area contributed by atoms with Crippen LogP contribution in [0.4, 0.5) is 5.69 Å². The number of carbonyl (C=O) groups is 2. The highest BCUT2D eigenvalue weighted by atomic mass is 16.5. The van der Waals surface area contributed by atoms with Crippen molar-refractivity contribution >= 4 is 17.5 Å². The molecule has 1 saturated heterocycles. The Bertz CT molecular complexity index is 532. The second-order valence-electron chi connectivity index (χ2n) is 5.01. The number of para-hydroxylation sites is 1. The molecule has 2 amide bonds. The fourth-order valence-corrected chi connectivity index (χ4v) is 2.34. The van der Waals surface area contributed by atoms with Crippen molar-refractivity contribution in [2.45, 2.75) is 13.0 Å². The van der Waals surface area contributed by atoms with E-state index >= 15 is 0 Å². The van der Waals surface area contributed by atoms with Gasteiger partial charge < -0.3 is 19.6 Å². The third kappa shape index (κ3) is 3.22. The van der Waals surface area contributed by atoms with Gasteiger partial charge in [0.05, 0.1) is 37.1 Å². The Morgan fingerprint density at radius 3 is 2.81 bits per heavy atom. The number of amides is 2. The van der Waals surface area contributed by atoms with Crippen LogP contribution < -0.4 is 4.90 Å². The lowest BCUT2D eigenvalue weighted by Crippen LogP contribution is -2.50. The van der Waals surface area contributed by atoms with Crippen molar-refractivity contribution < 1.29 is 19.4 Å². The van der Waals surface area contributed by atoms with Crippen LogP contribution in [0.5, 0.6) is 0 Å². The van der Waals surface area contributed by atoms with Crippen molar-refractivity contribution in [3.8, 4) is 0 Å². The summed E-state index contributed by atoms with van der Waals surface area (Å²) in [6.45, 7) is 2.52. The first kappa shape index (κ1) is 15.5. The minimum atomic E-state index is -0.345. The molecule has 1 aliphatic heterocycles. The lowest BCUT2D eigenvalue weighted by Gasteiger charge is -2.35. The van der Waals surface area contributed by atoms with Gasteiger partial charge in [0.25, 0.3) is 5.91 Å². The molecule has 6 heteroatoms. The van der Waals surface area contributed by atoms with Crippen molar-refractivity contribution in [3.05, 3.63) is 29.8 Å². The molecule has 1 aromatic rings. The Morgan fingerprint density at radius 1 is 1.43 bits per heavy atom. The Labute approximate surface area is 123 Å². The number of morpholine rings is 1. The lowest BCUT2D eigenvalue weighted by molar-refractivity contribution is -0.116. The normalized spacial score (nSPS) is 18.4. The SMILES string of the molecule is CC(=O)N(C)c1ccccc1C(=O)N1CCOCC1CO. The van der Waals surface area contributed by atoms with Crippen molar-refractivity contribution in [2.75, 3.05) is 38.3 Å². The smallest absolute Gasteiger partial charge is 0.256 e. The van der Waals surface area contributed by atoms with Crippen LogP contribution in [0.25, 0.3) is 0 Å². The zero-order valence-corrected chi connectivity index (χ0v) is 12.3. The number of aliphatic hydroxyl groups is 1. The van der Waals surface area contributed by atoms with Gasteiger partial charge in [-0.15, -0.1) is 0 Å². The zero-order chi connectivity index (χ0) is 15.4. The molecular formula is C15H20N2O4. The van der Waals surface area contributed by atoms with Crippen LogP contribution in [0.3, 0.4) is 0 Å². The summed E-state index contributed by atoms with van der Waals surface area (Å²) in [6, 6.07) is 6.64. The van der Waals surface area contributed by atoms with Gasteiger partial charge in [-0.25, -0.2) is 0 Å². The second-order valence-corrected chi connectivity index (χ2v) is 5.01. The highest BCUT2D eigenvalue weighted by Gasteiger charge is 2.29. The number of hydrogen-bond acceptors (Lipinski definition) is 4. The molecule has 1 N–H and O–H groups in total. The number of anilines is 1. The molecule has 0 radical (unpaired) electrons. The predicted molar refractivity (Wildman–Crippen MR) is 78.3 cm³/mol. The third-order valence-electron chi connectivity index (χ3n) is 3.67. The molecule has 0 aliphatic carbocycles. The molecule has 1 unspecified atom stereocenters. The molecule has 2 rings (SSSR count). The van der Waals surface area contributed by atoms with E-state index < -0.39 is 0 Å². The molecule has 1 atom stereocenters. The first-order valence-corrected chi connectivity index (χ1v) is 6.89. The number of hydrogen-bond donors (Lipinski definition) is 1. The zero-order valence-electron chi connectivity index (χ0n) is 12.3. The first-order chi connectivity index (χ1) is 10.1. The molecule has 21 heavy (non-hydrogen) atoms. The molecule has 6 nitrogen and oxygen atoms in total. The van der Waals surface area contributed by atoms with Crippen LogP contribution in [-0.4, -0.2) is 61.3 Å². The van der Waals surface area contributed by atoms with Crippen LogP contribution >= 0.6 is 0 Å². The van der Waals surface area contributed by atoms with E-state index in [-0.39, 0.29) is 24.5 Å². The van der Waals surface area contributed by atoms with Crippen LogP contribution in [0.15, 0.2) is 24.3 Å². The Kier molecular flexibility index (Phi) is 4.93. The van der Waals surface area contributed by atoms with E-state index in [1.54, 1.807) is 36.2 Å². The molecule has 0 saturated carbocycles. The molecule has 114 valence electrons. The van der Waals surface area contributed by atoms with E-state index in [4.69, 9.17) is 4.74 Å². The van der Waals surface area contributed by atoms with E-state index in [2.05, 4.69) is 0 Å². The Balaban J connectivity index is 2.32. The second kappa shape index (κ2) is 6.69. The number of aliphatic hydroxyl groups excluding tert-OH is 1. The van der Waals surface area contributed by atoms with Gasteiger partial charge in [-0.2, -0.15) is 0 Å². The summed E-state index contributed by atoms with van der Waals surface area (Å²) in [5.74, 6) is -0.336. The predicted octanol–water partition coefficient (Wildman–Crippen LogP) is 0.503. The van der Waals surface area contributed by atoms with Crippen LogP contribution in [0.2, 0.25) is 0 Å². The summed E-state index contributed by atoms with van der Waals surface area (Å²) in [5, 5.41) is 9.39. The van der Waals surface area contributed by atoms with Gasteiger partial charge in [-0.05, 0) is 12.1 Å². The summed E-state index contributed by atoms with van der Waals surface area (Å²) in [6.07, 6.45) is 0. The first-order valence-electron chi connectivity index (χ1n) is 6.89. The number of nitrogens with zero attached hydrogens (tertiary/aromatic N) is 2. The maximum atomic E-state index is 12.7. The van der Waals surface area contributed by atoms with Gasteiger partial charge in [0.15, 0.2) is 0 Å². The van der Waals surface area contributed by atoms with Crippen molar-refractivity contribution in [1.82, 2.24) is 4.90 Å².